The third-order valence-electron chi connectivity index (χ3n) is 1.08. The molecule has 0 aromatic carbocycles. The summed E-state index contributed by atoms with van der Waals surface area (Å²) in [7, 11) is 0. The van der Waals surface area contributed by atoms with Crippen LogP contribution in [0.2, 0.25) is 0 Å². The number of rotatable bonds is 1. The summed E-state index contributed by atoms with van der Waals surface area (Å²) < 4.78 is 0. The average Bonchev–Trinajstić information content (AvgIpc) is 1.85. The number of nitrogens with zero attached hydrogens (tertiary/aromatic N) is 1. The summed E-state index contributed by atoms with van der Waals surface area (Å²) in [5.41, 5.74) is 1.27. The number of carbonyl (C=O) groups is 3. The molecule has 6 heteroatoms. The van der Waals surface area contributed by atoms with Gasteiger partial charge in [-0.3, -0.25) is 9.59 Å². The van der Waals surface area contributed by atoms with Gasteiger partial charge in [0, 0.05) is 0 Å². The first-order valence-corrected chi connectivity index (χ1v) is 2.74. The van der Waals surface area contributed by atoms with Crippen LogP contribution in [0.15, 0.2) is 5.10 Å². The van der Waals surface area contributed by atoms with Crippen molar-refractivity contribution < 1.29 is 19.5 Å². The van der Waals surface area contributed by atoms with E-state index in [1.807, 2.05) is 5.43 Å². The largest absolute Gasteiger partial charge is 0.476 e. The molecule has 1 heterocycles. The van der Waals surface area contributed by atoms with E-state index in [2.05, 4.69) is 5.10 Å². The molecule has 0 radical (unpaired) electrons. The molecule has 0 saturated heterocycles. The van der Waals surface area contributed by atoms with E-state index in [0.29, 0.717) is 0 Å². The van der Waals surface area contributed by atoms with E-state index in [4.69, 9.17) is 5.11 Å². The Kier molecular flexibility index (Phi) is 1.67. The number of nitrogens with one attached hydrogen (secondary N) is 1. The van der Waals surface area contributed by atoms with E-state index in [9.17, 15) is 14.4 Å². The van der Waals surface area contributed by atoms with Crippen LogP contribution >= 0.6 is 0 Å². The Hall–Kier alpha value is -1.72. The van der Waals surface area contributed by atoms with Crippen molar-refractivity contribution in [2.24, 2.45) is 5.10 Å². The second-order valence-corrected chi connectivity index (χ2v) is 1.90. The molecule has 0 saturated carbocycles. The maximum Gasteiger partial charge on any atom is 0.360 e. The van der Waals surface area contributed by atoms with Crippen molar-refractivity contribution in [2.45, 2.75) is 6.42 Å². The monoisotopic (exact) mass is 156 g/mol. The summed E-state index contributed by atoms with van der Waals surface area (Å²) in [6, 6.07) is 0. The predicted octanol–water partition coefficient (Wildman–Crippen LogP) is -1.48. The molecule has 0 aromatic rings. The summed E-state index contributed by atoms with van der Waals surface area (Å²) in [6.07, 6.45) is -0.439. The minimum absolute atomic E-state index is 0.439. The summed E-state index contributed by atoms with van der Waals surface area (Å²) in [4.78, 5) is 31.3. The van der Waals surface area contributed by atoms with Gasteiger partial charge in [0.25, 0.3) is 0 Å². The van der Waals surface area contributed by atoms with Gasteiger partial charge in [0.1, 0.15) is 0 Å². The van der Waals surface area contributed by atoms with Gasteiger partial charge in [0.05, 0.1) is 6.42 Å². The second-order valence-electron chi connectivity index (χ2n) is 1.90. The van der Waals surface area contributed by atoms with Crippen LogP contribution in [-0.2, 0) is 14.4 Å². The van der Waals surface area contributed by atoms with Crippen LogP contribution in [0.5, 0.6) is 0 Å². The van der Waals surface area contributed by atoms with Crippen molar-refractivity contribution >= 4 is 23.4 Å². The van der Waals surface area contributed by atoms with Crippen molar-refractivity contribution in [1.82, 2.24) is 5.43 Å². The molecule has 0 fully saturated rings. The number of ketones is 1. The van der Waals surface area contributed by atoms with Crippen LogP contribution in [0.25, 0.3) is 0 Å². The van der Waals surface area contributed by atoms with Crippen LogP contribution in [0.4, 0.5) is 0 Å². The molecular weight excluding hydrogens is 152 g/mol. The van der Waals surface area contributed by atoms with Gasteiger partial charge in [-0.1, -0.05) is 0 Å². The lowest BCUT2D eigenvalue weighted by atomic mass is 10.1. The van der Waals surface area contributed by atoms with Crippen LogP contribution in [0, 0.1) is 0 Å². The Bertz CT molecular complexity index is 268. The molecule has 0 atom stereocenters. The van der Waals surface area contributed by atoms with Gasteiger partial charge in [-0.25, -0.2) is 10.2 Å². The van der Waals surface area contributed by atoms with Gasteiger partial charge < -0.3 is 5.11 Å². The number of amides is 1. The average molecular weight is 156 g/mol. The van der Waals surface area contributed by atoms with E-state index in [1.54, 1.807) is 0 Å². The molecule has 0 spiro atoms. The highest BCUT2D eigenvalue weighted by atomic mass is 16.4. The van der Waals surface area contributed by atoms with Crippen molar-refractivity contribution in [2.75, 3.05) is 0 Å². The molecule has 58 valence electrons. The SMILES string of the molecule is O=C1CC(=O)C(C(=O)O)=NN1. The fraction of sp³-hybridized carbons (Fsp3) is 0.200. The zero-order valence-corrected chi connectivity index (χ0v) is 5.33. The number of aliphatic carboxylic acids is 1. The molecule has 1 amide bonds. The second kappa shape index (κ2) is 2.49. The van der Waals surface area contributed by atoms with Crippen molar-refractivity contribution in [3.8, 4) is 0 Å². The van der Waals surface area contributed by atoms with E-state index in [-0.39, 0.29) is 0 Å². The lowest BCUT2D eigenvalue weighted by Gasteiger charge is -2.05. The van der Waals surface area contributed by atoms with Gasteiger partial charge in [0.15, 0.2) is 5.78 Å². The Morgan fingerprint density at radius 1 is 1.55 bits per heavy atom. The lowest BCUT2D eigenvalue weighted by Crippen LogP contribution is -2.37. The van der Waals surface area contributed by atoms with Gasteiger partial charge in [0.2, 0.25) is 11.6 Å². The highest BCUT2D eigenvalue weighted by Gasteiger charge is 2.26. The summed E-state index contributed by atoms with van der Waals surface area (Å²) in [5.74, 6) is -2.77. The van der Waals surface area contributed by atoms with Crippen LogP contribution in [0.3, 0.4) is 0 Å². The number of hydrazone groups is 1. The van der Waals surface area contributed by atoms with E-state index < -0.39 is 29.8 Å². The minimum Gasteiger partial charge on any atom is -0.476 e. The first-order chi connectivity index (χ1) is 5.11. The Morgan fingerprint density at radius 2 is 2.18 bits per heavy atom. The van der Waals surface area contributed by atoms with Crippen LogP contribution in [0.1, 0.15) is 6.42 Å². The molecule has 6 nitrogen and oxygen atoms in total. The molecule has 11 heavy (non-hydrogen) atoms. The van der Waals surface area contributed by atoms with Crippen LogP contribution in [-0.4, -0.2) is 28.5 Å². The van der Waals surface area contributed by atoms with Gasteiger partial charge in [-0.15, -0.1) is 0 Å². The highest BCUT2D eigenvalue weighted by Crippen LogP contribution is 1.94. The molecule has 1 aliphatic rings. The zero-order chi connectivity index (χ0) is 8.43. The standard InChI is InChI=1S/C5H4N2O4/c8-2-1-3(9)6-7-4(2)5(10)11/h1H2,(H,6,9)(H,10,11). The number of hydrogen-bond acceptors (Lipinski definition) is 4. The molecule has 1 aliphatic heterocycles. The molecule has 0 aliphatic carbocycles. The number of carbonyl (C=O) groups excluding carboxylic acids is 2. The molecule has 1 rings (SSSR count). The molecular formula is C5H4N2O4. The van der Waals surface area contributed by atoms with E-state index in [1.165, 1.54) is 0 Å². The third kappa shape index (κ3) is 1.40. The number of Topliss-reactive ketones (excluding diaryl/α,β-unsaturated/α-hetero) is 1. The zero-order valence-electron chi connectivity index (χ0n) is 5.33. The highest BCUT2D eigenvalue weighted by molar-refractivity contribution is 6.65. The normalized spacial score (nSPS) is 17.3. The van der Waals surface area contributed by atoms with E-state index >= 15 is 0 Å². The summed E-state index contributed by atoms with van der Waals surface area (Å²) in [6.45, 7) is 0. The smallest absolute Gasteiger partial charge is 0.360 e. The fourth-order valence-electron chi connectivity index (χ4n) is 0.617. The topological polar surface area (TPSA) is 95.8 Å². The predicted molar refractivity (Wildman–Crippen MR) is 32.8 cm³/mol. The fourth-order valence-corrected chi connectivity index (χ4v) is 0.617. The first kappa shape index (κ1) is 7.39. The quantitative estimate of drug-likeness (QED) is 0.452. The van der Waals surface area contributed by atoms with Gasteiger partial charge in [-0.05, 0) is 0 Å². The molecule has 0 unspecified atom stereocenters. The number of carboxylic acid groups (broad SMARTS) is 1. The Balaban J connectivity index is 2.89. The third-order valence-corrected chi connectivity index (χ3v) is 1.08. The molecule has 0 aromatic heterocycles. The first-order valence-electron chi connectivity index (χ1n) is 2.74. The van der Waals surface area contributed by atoms with Gasteiger partial charge >= 0.3 is 5.97 Å². The minimum atomic E-state index is -1.42. The Labute approximate surface area is 60.9 Å². The maximum absolute atomic E-state index is 10.7. The van der Waals surface area contributed by atoms with Crippen molar-refractivity contribution in [3.05, 3.63) is 0 Å². The summed E-state index contributed by atoms with van der Waals surface area (Å²) >= 11 is 0. The van der Waals surface area contributed by atoms with Gasteiger partial charge in [-0.2, -0.15) is 5.10 Å². The van der Waals surface area contributed by atoms with Crippen LogP contribution < -0.4 is 5.43 Å². The lowest BCUT2D eigenvalue weighted by molar-refractivity contribution is -0.131. The molecule has 2 N–H and O–H groups in total. The maximum atomic E-state index is 10.7. The van der Waals surface area contributed by atoms with E-state index in [0.717, 1.165) is 0 Å². The Morgan fingerprint density at radius 3 is 2.64 bits per heavy atom. The van der Waals surface area contributed by atoms with Crippen molar-refractivity contribution in [3.63, 3.8) is 0 Å². The number of carboxylic acids is 1. The van der Waals surface area contributed by atoms with Crippen molar-refractivity contribution in [1.29, 1.82) is 0 Å². The number of hydrogen-bond donors (Lipinski definition) is 2. The molecule has 0 bridgehead atoms. The summed E-state index contributed by atoms with van der Waals surface area (Å²) in [5, 5.41) is 11.4.